The van der Waals surface area contributed by atoms with Crippen molar-refractivity contribution >= 4 is 0 Å². The van der Waals surface area contributed by atoms with E-state index in [2.05, 4.69) is 9.88 Å². The van der Waals surface area contributed by atoms with Crippen LogP contribution in [-0.4, -0.2) is 27.5 Å². The molecule has 1 aliphatic rings. The molecular weight excluding hydrogens is 285 g/mol. The van der Waals surface area contributed by atoms with Crippen molar-refractivity contribution in [1.29, 1.82) is 0 Å². The number of aryl methyl sites for hydroxylation is 1. The molecule has 1 fully saturated rings. The lowest BCUT2D eigenvalue weighted by atomic mass is 9.95. The van der Waals surface area contributed by atoms with Crippen LogP contribution in [0.25, 0.3) is 0 Å². The predicted molar refractivity (Wildman–Crippen MR) is 81.4 cm³/mol. The fourth-order valence-electron chi connectivity index (χ4n) is 2.85. The number of aromatic amines is 1. The number of likely N-dealkylation sites (tertiary alicyclic amines) is 1. The molecule has 0 radical (unpaired) electrons. The van der Waals surface area contributed by atoms with Gasteiger partial charge < -0.3 is 4.98 Å². The Balaban J connectivity index is 1.69. The van der Waals surface area contributed by atoms with Crippen molar-refractivity contribution in [3.63, 3.8) is 0 Å². The van der Waals surface area contributed by atoms with Crippen LogP contribution in [0.3, 0.4) is 0 Å². The quantitative estimate of drug-likeness (QED) is 0.929. The van der Waals surface area contributed by atoms with Gasteiger partial charge in [0.2, 0.25) is 0 Å². The van der Waals surface area contributed by atoms with Gasteiger partial charge in [-0.1, -0.05) is 12.1 Å². The van der Waals surface area contributed by atoms with Crippen molar-refractivity contribution < 1.29 is 4.39 Å². The first kappa shape index (κ1) is 14.7. The molecule has 1 saturated heterocycles. The van der Waals surface area contributed by atoms with E-state index in [-0.39, 0.29) is 23.1 Å². The summed E-state index contributed by atoms with van der Waals surface area (Å²) in [5.74, 6) is -0.243. The summed E-state index contributed by atoms with van der Waals surface area (Å²) in [6.45, 7) is 3.58. The zero-order valence-corrected chi connectivity index (χ0v) is 12.4. The maximum absolute atomic E-state index is 13.0. The number of benzene rings is 1. The Hall–Kier alpha value is -2.21. The highest BCUT2D eigenvalue weighted by molar-refractivity contribution is 5.21. The number of nitrogens with one attached hydrogen (secondary N) is 1. The lowest BCUT2D eigenvalue weighted by molar-refractivity contribution is 0.0854. The summed E-state index contributed by atoms with van der Waals surface area (Å²) in [5, 5.41) is 0. The molecule has 0 spiro atoms. The Labute approximate surface area is 127 Å². The van der Waals surface area contributed by atoms with Gasteiger partial charge in [-0.25, -0.2) is 9.18 Å². The first-order chi connectivity index (χ1) is 10.5. The van der Waals surface area contributed by atoms with Crippen LogP contribution in [0.5, 0.6) is 0 Å². The smallest absolute Gasteiger partial charge is 0.311 e. The molecule has 2 heterocycles. The average Bonchev–Trinajstić information content (AvgIpc) is 2.43. The van der Waals surface area contributed by atoms with Gasteiger partial charge >= 0.3 is 5.69 Å². The second-order valence-electron chi connectivity index (χ2n) is 5.64. The molecule has 5 nitrogen and oxygen atoms in total. The van der Waals surface area contributed by atoms with Crippen LogP contribution in [0.2, 0.25) is 0 Å². The summed E-state index contributed by atoms with van der Waals surface area (Å²) in [7, 11) is 0. The standard InChI is InChI=1S/C16H18FN3O2/c1-11-10-15(21)20(16(22)18-11)9-8-19-7-6-14(19)12-2-4-13(17)5-3-12/h2-5,10,14H,6-9H2,1H3,(H,18,22). The minimum absolute atomic E-state index is 0.237. The van der Waals surface area contributed by atoms with E-state index in [0.29, 0.717) is 18.8 Å². The third kappa shape index (κ3) is 2.87. The van der Waals surface area contributed by atoms with Gasteiger partial charge in [0.25, 0.3) is 5.56 Å². The molecule has 0 amide bonds. The fraction of sp³-hybridized carbons (Fsp3) is 0.375. The molecule has 6 heteroatoms. The van der Waals surface area contributed by atoms with Gasteiger partial charge in [0.15, 0.2) is 0 Å². The van der Waals surface area contributed by atoms with E-state index in [4.69, 9.17) is 0 Å². The highest BCUT2D eigenvalue weighted by Crippen LogP contribution is 2.32. The van der Waals surface area contributed by atoms with Crippen LogP contribution in [0.1, 0.15) is 23.7 Å². The summed E-state index contributed by atoms with van der Waals surface area (Å²) in [6, 6.07) is 8.16. The summed E-state index contributed by atoms with van der Waals surface area (Å²) < 4.78 is 14.2. The van der Waals surface area contributed by atoms with E-state index < -0.39 is 0 Å². The number of hydrogen-bond donors (Lipinski definition) is 1. The van der Waals surface area contributed by atoms with Gasteiger partial charge in [0.05, 0.1) is 0 Å². The monoisotopic (exact) mass is 303 g/mol. The highest BCUT2D eigenvalue weighted by atomic mass is 19.1. The normalized spacial score (nSPS) is 18.2. The predicted octanol–water partition coefficient (Wildman–Crippen LogP) is 1.43. The number of nitrogens with zero attached hydrogens (tertiary/aromatic N) is 2. The first-order valence-corrected chi connectivity index (χ1v) is 7.35. The van der Waals surface area contributed by atoms with Gasteiger partial charge in [-0.2, -0.15) is 0 Å². The first-order valence-electron chi connectivity index (χ1n) is 7.35. The minimum atomic E-state index is -0.371. The topological polar surface area (TPSA) is 58.1 Å². The van der Waals surface area contributed by atoms with Crippen molar-refractivity contribution in [3.05, 3.63) is 68.2 Å². The van der Waals surface area contributed by atoms with Gasteiger partial charge in [0, 0.05) is 37.4 Å². The molecule has 0 bridgehead atoms. The number of aromatic nitrogens is 2. The van der Waals surface area contributed by atoms with Crippen LogP contribution < -0.4 is 11.2 Å². The fourth-order valence-corrected chi connectivity index (χ4v) is 2.85. The van der Waals surface area contributed by atoms with E-state index in [1.165, 1.54) is 22.8 Å². The third-order valence-corrected chi connectivity index (χ3v) is 4.15. The molecule has 22 heavy (non-hydrogen) atoms. The third-order valence-electron chi connectivity index (χ3n) is 4.15. The number of halogens is 1. The van der Waals surface area contributed by atoms with Gasteiger partial charge in [-0.3, -0.25) is 14.3 Å². The Morgan fingerprint density at radius 2 is 1.95 bits per heavy atom. The van der Waals surface area contributed by atoms with E-state index in [1.807, 2.05) is 0 Å². The van der Waals surface area contributed by atoms with Crippen LogP contribution in [0, 0.1) is 12.7 Å². The van der Waals surface area contributed by atoms with Crippen LogP contribution in [-0.2, 0) is 6.54 Å². The number of hydrogen-bond acceptors (Lipinski definition) is 3. The van der Waals surface area contributed by atoms with Crippen LogP contribution in [0.4, 0.5) is 4.39 Å². The van der Waals surface area contributed by atoms with Crippen LogP contribution in [0.15, 0.2) is 39.9 Å². The Morgan fingerprint density at radius 1 is 1.23 bits per heavy atom. The molecule has 1 aromatic heterocycles. The lowest BCUT2D eigenvalue weighted by Gasteiger charge is -2.41. The molecule has 1 N–H and O–H groups in total. The molecule has 3 rings (SSSR count). The van der Waals surface area contributed by atoms with Gasteiger partial charge in [-0.05, 0) is 31.0 Å². The molecule has 0 aliphatic carbocycles. The zero-order valence-electron chi connectivity index (χ0n) is 12.4. The van der Waals surface area contributed by atoms with Crippen molar-refractivity contribution in [1.82, 2.24) is 14.5 Å². The SMILES string of the molecule is Cc1cc(=O)n(CCN2CCC2c2ccc(F)cc2)c(=O)[nH]1. The molecular formula is C16H18FN3O2. The van der Waals surface area contributed by atoms with Crippen LogP contribution >= 0.6 is 0 Å². The molecule has 1 atom stereocenters. The second-order valence-corrected chi connectivity index (χ2v) is 5.64. The van der Waals surface area contributed by atoms with Gasteiger partial charge in [0.1, 0.15) is 5.82 Å². The molecule has 1 unspecified atom stereocenters. The molecule has 116 valence electrons. The Kier molecular flexibility index (Phi) is 3.94. The van der Waals surface area contributed by atoms with E-state index >= 15 is 0 Å². The molecule has 2 aromatic rings. The lowest BCUT2D eigenvalue weighted by Crippen LogP contribution is -2.45. The van der Waals surface area contributed by atoms with Crippen molar-refractivity contribution in [2.24, 2.45) is 0 Å². The van der Waals surface area contributed by atoms with E-state index in [1.54, 1.807) is 19.1 Å². The zero-order chi connectivity index (χ0) is 15.7. The Morgan fingerprint density at radius 3 is 2.55 bits per heavy atom. The molecule has 1 aromatic carbocycles. The average molecular weight is 303 g/mol. The Bertz CT molecular complexity index is 748. The van der Waals surface area contributed by atoms with E-state index in [0.717, 1.165) is 18.5 Å². The summed E-state index contributed by atoms with van der Waals surface area (Å²) >= 11 is 0. The van der Waals surface area contributed by atoms with E-state index in [9.17, 15) is 14.0 Å². The molecule has 1 aliphatic heterocycles. The maximum atomic E-state index is 13.0. The van der Waals surface area contributed by atoms with Crippen molar-refractivity contribution in [2.75, 3.05) is 13.1 Å². The van der Waals surface area contributed by atoms with Crippen molar-refractivity contribution in [3.8, 4) is 0 Å². The minimum Gasteiger partial charge on any atom is -0.311 e. The highest BCUT2D eigenvalue weighted by Gasteiger charge is 2.28. The largest absolute Gasteiger partial charge is 0.328 e. The maximum Gasteiger partial charge on any atom is 0.328 e. The number of rotatable bonds is 4. The molecule has 0 saturated carbocycles. The summed E-state index contributed by atoms with van der Waals surface area (Å²) in [6.07, 6.45) is 1.00. The van der Waals surface area contributed by atoms with Gasteiger partial charge in [-0.15, -0.1) is 0 Å². The van der Waals surface area contributed by atoms with Crippen molar-refractivity contribution in [2.45, 2.75) is 25.9 Å². The second kappa shape index (κ2) is 5.88. The summed E-state index contributed by atoms with van der Waals surface area (Å²) in [4.78, 5) is 28.5. The summed E-state index contributed by atoms with van der Waals surface area (Å²) in [5.41, 5.74) is 0.987. The number of H-pyrrole nitrogens is 1.